The van der Waals surface area contributed by atoms with Crippen LogP contribution in [0.15, 0.2) is 41.3 Å². The average Bonchev–Trinajstić information content (AvgIpc) is 2.58. The molecule has 1 aliphatic heterocycles. The van der Waals surface area contributed by atoms with Gasteiger partial charge in [-0.2, -0.15) is 13.2 Å². The third-order valence-electron chi connectivity index (χ3n) is 4.40. The third-order valence-corrected chi connectivity index (χ3v) is 5.77. The maximum Gasteiger partial charge on any atom is 0.426 e. The Morgan fingerprint density at radius 2 is 1.86 bits per heavy atom. The van der Waals surface area contributed by atoms with Crippen LogP contribution in [0.2, 0.25) is 5.02 Å². The fourth-order valence-corrected chi connectivity index (χ4v) is 4.36. The summed E-state index contributed by atoms with van der Waals surface area (Å²) in [6.45, 7) is 0. The number of aliphatic carboxylic acids is 1. The van der Waals surface area contributed by atoms with Gasteiger partial charge in [-0.3, -0.25) is 4.79 Å². The van der Waals surface area contributed by atoms with Gasteiger partial charge in [-0.15, -0.1) is 0 Å². The van der Waals surface area contributed by atoms with Gasteiger partial charge in [-0.05, 0) is 30.2 Å². The molecule has 5 nitrogen and oxygen atoms in total. The predicted molar refractivity (Wildman–Crippen MR) is 95.3 cm³/mol. The van der Waals surface area contributed by atoms with Crippen LogP contribution < -0.4 is 4.74 Å². The van der Waals surface area contributed by atoms with E-state index in [1.54, 1.807) is 0 Å². The molecule has 2 aromatic carbocycles. The Balaban J connectivity index is 2.26. The lowest BCUT2D eigenvalue weighted by Gasteiger charge is -2.34. The fraction of sp³-hybridized carbons (Fsp3) is 0.278. The zero-order valence-electron chi connectivity index (χ0n) is 14.3. The SMILES string of the molecule is CS(=O)(=O)c1ccccc1-c1cc(Cl)cc2c1OC(C(F)(F)F)C(C(=O)O)C2. The molecule has 0 amide bonds. The van der Waals surface area contributed by atoms with Gasteiger partial charge in [-0.1, -0.05) is 29.8 Å². The minimum Gasteiger partial charge on any atom is -0.481 e. The third kappa shape index (κ3) is 3.81. The average molecular weight is 435 g/mol. The van der Waals surface area contributed by atoms with E-state index in [4.69, 9.17) is 16.3 Å². The Kier molecular flexibility index (Phi) is 5.09. The molecule has 2 atom stereocenters. The molecule has 0 saturated heterocycles. The van der Waals surface area contributed by atoms with Crippen molar-refractivity contribution in [2.45, 2.75) is 23.6 Å². The van der Waals surface area contributed by atoms with E-state index in [1.807, 2.05) is 0 Å². The fourth-order valence-electron chi connectivity index (χ4n) is 3.22. The maximum absolute atomic E-state index is 13.4. The standard InChI is InChI=1S/C18H14ClF3O5S/c1-28(25,26)14-5-3-2-4-11(14)12-8-10(19)6-9-7-13(17(23)24)16(18(20,21)22)27-15(9)12/h2-6,8,13,16H,7H2,1H3,(H,23,24). The number of ether oxygens (including phenoxy) is 1. The Morgan fingerprint density at radius 1 is 1.21 bits per heavy atom. The molecule has 0 saturated carbocycles. The molecular formula is C18H14ClF3O5S. The van der Waals surface area contributed by atoms with E-state index in [2.05, 4.69) is 0 Å². The number of sulfone groups is 1. The summed E-state index contributed by atoms with van der Waals surface area (Å²) in [6.07, 6.45) is -6.97. The number of carboxylic acid groups (broad SMARTS) is 1. The van der Waals surface area contributed by atoms with Crippen LogP contribution in [-0.4, -0.2) is 38.0 Å². The summed E-state index contributed by atoms with van der Waals surface area (Å²) in [5.41, 5.74) is 0.346. The highest BCUT2D eigenvalue weighted by atomic mass is 35.5. The van der Waals surface area contributed by atoms with Gasteiger partial charge in [0.25, 0.3) is 0 Å². The quantitative estimate of drug-likeness (QED) is 0.790. The first-order valence-electron chi connectivity index (χ1n) is 7.97. The van der Waals surface area contributed by atoms with Crippen LogP contribution in [0.1, 0.15) is 5.56 Å². The van der Waals surface area contributed by atoms with Crippen molar-refractivity contribution < 1.29 is 36.2 Å². The van der Waals surface area contributed by atoms with Crippen molar-refractivity contribution in [1.29, 1.82) is 0 Å². The Labute approximate surface area is 163 Å². The summed E-state index contributed by atoms with van der Waals surface area (Å²) < 4.78 is 69.6. The summed E-state index contributed by atoms with van der Waals surface area (Å²) in [5, 5.41) is 9.33. The summed E-state index contributed by atoms with van der Waals surface area (Å²) in [7, 11) is -3.70. The molecular weight excluding hydrogens is 421 g/mol. The summed E-state index contributed by atoms with van der Waals surface area (Å²) in [6, 6.07) is 8.39. The zero-order chi connectivity index (χ0) is 20.9. The molecule has 3 rings (SSSR count). The number of rotatable bonds is 3. The van der Waals surface area contributed by atoms with Crippen molar-refractivity contribution >= 4 is 27.4 Å². The van der Waals surface area contributed by atoms with E-state index in [9.17, 15) is 31.5 Å². The van der Waals surface area contributed by atoms with Crippen LogP contribution in [0.4, 0.5) is 13.2 Å². The van der Waals surface area contributed by atoms with E-state index >= 15 is 0 Å². The predicted octanol–water partition coefficient (Wildman–Crippen LogP) is 3.98. The van der Waals surface area contributed by atoms with E-state index in [0.29, 0.717) is 0 Å². The molecule has 0 aromatic heterocycles. The molecule has 0 spiro atoms. The first-order chi connectivity index (χ1) is 12.9. The smallest absolute Gasteiger partial charge is 0.426 e. The van der Waals surface area contributed by atoms with Crippen molar-refractivity contribution in [2.75, 3.05) is 6.26 Å². The summed E-state index contributed by atoms with van der Waals surface area (Å²) >= 11 is 6.08. The van der Waals surface area contributed by atoms with E-state index in [-0.39, 0.29) is 32.4 Å². The second-order valence-corrected chi connectivity index (χ2v) is 8.86. The van der Waals surface area contributed by atoms with Crippen molar-refractivity contribution in [3.05, 3.63) is 47.0 Å². The number of halogens is 4. The number of carboxylic acids is 1. The monoisotopic (exact) mass is 434 g/mol. The number of carbonyl (C=O) groups is 1. The second kappa shape index (κ2) is 6.97. The van der Waals surface area contributed by atoms with Gasteiger partial charge < -0.3 is 9.84 Å². The Hall–Kier alpha value is -2.26. The van der Waals surface area contributed by atoms with Crippen LogP contribution in [0.3, 0.4) is 0 Å². The number of hydrogen-bond acceptors (Lipinski definition) is 4. The number of fused-ring (bicyclic) bond motifs is 1. The molecule has 150 valence electrons. The number of hydrogen-bond donors (Lipinski definition) is 1. The normalized spacial score (nSPS) is 19.6. The highest BCUT2D eigenvalue weighted by Gasteiger charge is 2.52. The summed E-state index contributed by atoms with van der Waals surface area (Å²) in [5.74, 6) is -3.71. The van der Waals surface area contributed by atoms with Gasteiger partial charge in [0.05, 0.1) is 4.90 Å². The minimum atomic E-state index is -4.92. The molecule has 0 bridgehead atoms. The topological polar surface area (TPSA) is 80.7 Å². The van der Waals surface area contributed by atoms with Gasteiger partial charge >= 0.3 is 12.1 Å². The lowest BCUT2D eigenvalue weighted by molar-refractivity contribution is -0.217. The van der Waals surface area contributed by atoms with Gasteiger partial charge in [0.2, 0.25) is 6.10 Å². The van der Waals surface area contributed by atoms with Crippen molar-refractivity contribution in [2.24, 2.45) is 5.92 Å². The Bertz CT molecular complexity index is 1050. The molecule has 2 aromatic rings. The van der Waals surface area contributed by atoms with E-state index in [1.165, 1.54) is 36.4 Å². The first-order valence-corrected chi connectivity index (χ1v) is 10.2. The molecule has 0 fully saturated rings. The van der Waals surface area contributed by atoms with Gasteiger partial charge in [-0.25, -0.2) is 8.42 Å². The Morgan fingerprint density at radius 3 is 2.43 bits per heavy atom. The summed E-state index contributed by atoms with van der Waals surface area (Å²) in [4.78, 5) is 11.2. The number of alkyl halides is 3. The maximum atomic E-state index is 13.4. The lowest BCUT2D eigenvalue weighted by Crippen LogP contribution is -2.47. The van der Waals surface area contributed by atoms with E-state index in [0.717, 1.165) is 6.26 Å². The van der Waals surface area contributed by atoms with Crippen molar-refractivity contribution in [3.63, 3.8) is 0 Å². The van der Waals surface area contributed by atoms with Crippen LogP contribution in [0.25, 0.3) is 11.1 Å². The molecule has 1 aliphatic rings. The lowest BCUT2D eigenvalue weighted by atomic mass is 9.88. The first kappa shape index (κ1) is 20.5. The molecule has 2 unspecified atom stereocenters. The molecule has 10 heteroatoms. The van der Waals surface area contributed by atoms with Crippen LogP contribution in [0.5, 0.6) is 5.75 Å². The number of benzene rings is 2. The van der Waals surface area contributed by atoms with Gasteiger partial charge in [0.15, 0.2) is 9.84 Å². The molecule has 28 heavy (non-hydrogen) atoms. The molecule has 1 heterocycles. The molecule has 0 radical (unpaired) electrons. The van der Waals surface area contributed by atoms with Gasteiger partial charge in [0.1, 0.15) is 11.7 Å². The van der Waals surface area contributed by atoms with Gasteiger partial charge in [0, 0.05) is 22.4 Å². The second-order valence-electron chi connectivity index (χ2n) is 6.44. The van der Waals surface area contributed by atoms with Crippen LogP contribution >= 0.6 is 11.6 Å². The van der Waals surface area contributed by atoms with E-state index < -0.39 is 40.4 Å². The van der Waals surface area contributed by atoms with Crippen LogP contribution in [0, 0.1) is 5.92 Å². The molecule has 1 N–H and O–H groups in total. The van der Waals surface area contributed by atoms with Crippen LogP contribution in [-0.2, 0) is 21.1 Å². The largest absolute Gasteiger partial charge is 0.481 e. The van der Waals surface area contributed by atoms with Crippen molar-refractivity contribution in [1.82, 2.24) is 0 Å². The highest BCUT2D eigenvalue weighted by Crippen LogP contribution is 2.46. The zero-order valence-corrected chi connectivity index (χ0v) is 15.9. The highest BCUT2D eigenvalue weighted by molar-refractivity contribution is 7.90. The minimum absolute atomic E-state index is 0.0570. The van der Waals surface area contributed by atoms with Crippen molar-refractivity contribution in [3.8, 4) is 16.9 Å². The molecule has 0 aliphatic carbocycles.